The summed E-state index contributed by atoms with van der Waals surface area (Å²) in [6, 6.07) is 9.74. The highest BCUT2D eigenvalue weighted by Crippen LogP contribution is 2.39. The van der Waals surface area contributed by atoms with Crippen molar-refractivity contribution in [1.29, 1.82) is 0 Å². The third-order valence-electron chi connectivity index (χ3n) is 8.36. The molecule has 0 spiro atoms. The zero-order valence-electron chi connectivity index (χ0n) is 23.1. The number of anilines is 1. The molecule has 7 nitrogen and oxygen atoms in total. The van der Waals surface area contributed by atoms with E-state index in [0.717, 1.165) is 82.3 Å². The van der Waals surface area contributed by atoms with Gasteiger partial charge in [-0.1, -0.05) is 37.6 Å². The number of piperazine rings is 1. The van der Waals surface area contributed by atoms with Crippen LogP contribution in [0.1, 0.15) is 70.9 Å². The summed E-state index contributed by atoms with van der Waals surface area (Å²) in [6.07, 6.45) is 10.0. The second-order valence-corrected chi connectivity index (χ2v) is 11.7. The first kappa shape index (κ1) is 26.1. The molecule has 2 fully saturated rings. The van der Waals surface area contributed by atoms with Crippen LogP contribution in [-0.2, 0) is 6.54 Å². The van der Waals surface area contributed by atoms with Crippen molar-refractivity contribution in [3.63, 3.8) is 0 Å². The summed E-state index contributed by atoms with van der Waals surface area (Å²) >= 11 is 0. The first-order chi connectivity index (χ1) is 17.8. The molecule has 2 aliphatic rings. The van der Waals surface area contributed by atoms with Crippen molar-refractivity contribution in [3.8, 4) is 11.1 Å². The van der Waals surface area contributed by atoms with Crippen LogP contribution in [0.15, 0.2) is 36.7 Å². The normalized spacial score (nSPS) is 24.4. The monoisotopic (exact) mass is 504 g/mol. The van der Waals surface area contributed by atoms with Gasteiger partial charge in [-0.25, -0.2) is 4.98 Å². The predicted molar refractivity (Wildman–Crippen MR) is 152 cm³/mol. The van der Waals surface area contributed by atoms with E-state index in [0.29, 0.717) is 18.0 Å². The van der Waals surface area contributed by atoms with E-state index >= 15 is 0 Å². The molecule has 37 heavy (non-hydrogen) atoms. The molecular weight excluding hydrogens is 460 g/mol. The third kappa shape index (κ3) is 6.16. The van der Waals surface area contributed by atoms with Gasteiger partial charge in [-0.15, -0.1) is 0 Å². The smallest absolute Gasteiger partial charge is 0.224 e. The van der Waals surface area contributed by atoms with Crippen LogP contribution in [-0.4, -0.2) is 74.3 Å². The molecule has 3 heterocycles. The topological polar surface area (TPSA) is 69.5 Å². The van der Waals surface area contributed by atoms with Crippen LogP contribution < -0.4 is 5.32 Å². The molecule has 3 aromatic rings. The van der Waals surface area contributed by atoms with Gasteiger partial charge in [0, 0.05) is 68.2 Å². The number of rotatable bonds is 8. The van der Waals surface area contributed by atoms with Gasteiger partial charge >= 0.3 is 0 Å². The van der Waals surface area contributed by atoms with Crippen LogP contribution >= 0.6 is 0 Å². The molecule has 0 amide bonds. The Morgan fingerprint density at radius 3 is 2.49 bits per heavy atom. The Morgan fingerprint density at radius 1 is 1.11 bits per heavy atom. The number of nitrogens with zero attached hydrogens (tertiary/aromatic N) is 5. The van der Waals surface area contributed by atoms with Crippen LogP contribution in [0.3, 0.4) is 0 Å². The molecule has 2 aromatic heterocycles. The summed E-state index contributed by atoms with van der Waals surface area (Å²) in [4.78, 5) is 14.7. The molecule has 7 heteroatoms. The minimum Gasteiger partial charge on any atom is -0.390 e. The second kappa shape index (κ2) is 11.1. The maximum atomic E-state index is 10.5. The van der Waals surface area contributed by atoms with E-state index in [1.165, 1.54) is 16.7 Å². The van der Waals surface area contributed by atoms with Gasteiger partial charge in [0.1, 0.15) is 5.65 Å². The molecule has 1 aromatic carbocycles. The fraction of sp³-hybridized carbons (Fsp3) is 0.600. The van der Waals surface area contributed by atoms with Crippen molar-refractivity contribution in [2.45, 2.75) is 83.5 Å². The van der Waals surface area contributed by atoms with Gasteiger partial charge < -0.3 is 19.9 Å². The second-order valence-electron chi connectivity index (χ2n) is 11.7. The molecule has 1 aliphatic carbocycles. The Morgan fingerprint density at radius 2 is 1.81 bits per heavy atom. The van der Waals surface area contributed by atoms with Crippen molar-refractivity contribution in [3.05, 3.63) is 42.2 Å². The standard InChI is InChI=1S/C30H44N6O/c1-5-6-22(2)32-29-31-19-26-27(21-36(28(26)33-29)25-11-13-30(3,37)14-12-25)24-9-7-23(8-10-24)20-35-17-15-34(4)16-18-35/h7-10,19,21-22,25,37H,5-6,11-18,20H2,1-4H3,(H,31,32,33)/t22-,25?,30?/m1/s1. The Balaban J connectivity index is 1.43. The van der Waals surface area contributed by atoms with Crippen LogP contribution in [0.2, 0.25) is 0 Å². The average Bonchev–Trinajstić information content (AvgIpc) is 3.25. The predicted octanol–water partition coefficient (Wildman–Crippen LogP) is 5.31. The number of aromatic nitrogens is 3. The van der Waals surface area contributed by atoms with Gasteiger partial charge in [0.25, 0.3) is 0 Å². The van der Waals surface area contributed by atoms with Gasteiger partial charge in [0.2, 0.25) is 5.95 Å². The van der Waals surface area contributed by atoms with E-state index in [1.807, 2.05) is 13.1 Å². The number of fused-ring (bicyclic) bond motifs is 1. The van der Waals surface area contributed by atoms with Crippen molar-refractivity contribution in [2.24, 2.45) is 0 Å². The first-order valence-electron chi connectivity index (χ1n) is 14.2. The molecule has 0 radical (unpaired) electrons. The molecule has 1 saturated carbocycles. The van der Waals surface area contributed by atoms with E-state index in [4.69, 9.17) is 9.97 Å². The molecule has 0 unspecified atom stereocenters. The lowest BCUT2D eigenvalue weighted by atomic mass is 9.83. The molecule has 1 aliphatic heterocycles. The fourth-order valence-corrected chi connectivity index (χ4v) is 5.89. The summed E-state index contributed by atoms with van der Waals surface area (Å²) in [5, 5.41) is 15.1. The minimum absolute atomic E-state index is 0.336. The summed E-state index contributed by atoms with van der Waals surface area (Å²) in [5.74, 6) is 0.699. The van der Waals surface area contributed by atoms with Crippen LogP contribution in [0.25, 0.3) is 22.2 Å². The Kier molecular flexibility index (Phi) is 7.84. The SMILES string of the molecule is CCC[C@@H](C)Nc1ncc2c(-c3ccc(CN4CCN(C)CC4)cc3)cn(C3CCC(C)(O)CC3)c2n1. The van der Waals surface area contributed by atoms with Gasteiger partial charge in [-0.05, 0) is 64.1 Å². The van der Waals surface area contributed by atoms with Crippen LogP contribution in [0, 0.1) is 0 Å². The fourth-order valence-electron chi connectivity index (χ4n) is 5.89. The van der Waals surface area contributed by atoms with Gasteiger partial charge in [0.05, 0.1) is 5.60 Å². The molecule has 1 saturated heterocycles. The van der Waals surface area contributed by atoms with Crippen molar-refractivity contribution >= 4 is 17.0 Å². The summed E-state index contributed by atoms with van der Waals surface area (Å²) in [7, 11) is 2.20. The highest BCUT2D eigenvalue weighted by Gasteiger charge is 2.31. The highest BCUT2D eigenvalue weighted by molar-refractivity contribution is 5.94. The number of benzene rings is 1. The Labute approximate surface area is 221 Å². The van der Waals surface area contributed by atoms with E-state index < -0.39 is 5.60 Å². The van der Waals surface area contributed by atoms with Crippen molar-refractivity contribution in [1.82, 2.24) is 24.3 Å². The van der Waals surface area contributed by atoms with Crippen molar-refractivity contribution in [2.75, 3.05) is 38.5 Å². The molecule has 5 rings (SSSR count). The summed E-state index contributed by atoms with van der Waals surface area (Å²) in [5.41, 5.74) is 4.19. The van der Waals surface area contributed by atoms with Crippen LogP contribution in [0.5, 0.6) is 0 Å². The molecule has 1 atom stereocenters. The lowest BCUT2D eigenvalue weighted by Crippen LogP contribution is -2.43. The lowest BCUT2D eigenvalue weighted by molar-refractivity contribution is 0.0104. The Hall–Kier alpha value is -2.48. The lowest BCUT2D eigenvalue weighted by Gasteiger charge is -2.34. The zero-order chi connectivity index (χ0) is 26.0. The maximum absolute atomic E-state index is 10.5. The largest absolute Gasteiger partial charge is 0.390 e. The number of hydrogen-bond donors (Lipinski definition) is 2. The first-order valence-corrected chi connectivity index (χ1v) is 14.2. The summed E-state index contributed by atoms with van der Waals surface area (Å²) < 4.78 is 2.36. The minimum atomic E-state index is -0.556. The molecule has 0 bridgehead atoms. The average molecular weight is 505 g/mol. The molecular formula is C30H44N6O. The van der Waals surface area contributed by atoms with E-state index in [-0.39, 0.29) is 0 Å². The number of aliphatic hydroxyl groups is 1. The number of nitrogens with one attached hydrogen (secondary N) is 1. The third-order valence-corrected chi connectivity index (χ3v) is 8.36. The van der Waals surface area contributed by atoms with E-state index in [1.54, 1.807) is 0 Å². The van der Waals surface area contributed by atoms with E-state index in [9.17, 15) is 5.11 Å². The highest BCUT2D eigenvalue weighted by atomic mass is 16.3. The zero-order valence-corrected chi connectivity index (χ0v) is 23.1. The quantitative estimate of drug-likeness (QED) is 0.433. The van der Waals surface area contributed by atoms with Gasteiger partial charge in [0.15, 0.2) is 0 Å². The van der Waals surface area contributed by atoms with Crippen LogP contribution in [0.4, 0.5) is 5.95 Å². The van der Waals surface area contributed by atoms with Crippen molar-refractivity contribution < 1.29 is 5.11 Å². The summed E-state index contributed by atoms with van der Waals surface area (Å²) in [6.45, 7) is 11.9. The number of likely N-dealkylation sites (N-methyl/N-ethyl adjacent to an activating group) is 1. The van der Waals surface area contributed by atoms with Gasteiger partial charge in [-0.2, -0.15) is 4.98 Å². The Bertz CT molecular complexity index is 1170. The van der Waals surface area contributed by atoms with Gasteiger partial charge in [-0.3, -0.25) is 4.90 Å². The maximum Gasteiger partial charge on any atom is 0.224 e. The molecule has 2 N–H and O–H groups in total. The van der Waals surface area contributed by atoms with E-state index in [2.05, 4.69) is 71.0 Å². The number of hydrogen-bond acceptors (Lipinski definition) is 6. The molecule has 200 valence electrons.